The first-order valence-corrected chi connectivity index (χ1v) is 7.74. The first kappa shape index (κ1) is 15.6. The minimum Gasteiger partial charge on any atom is -0.308 e. The molecule has 0 aliphatic carbocycles. The van der Waals surface area contributed by atoms with Crippen LogP contribution in [0.4, 0.5) is 0 Å². The molecule has 18 heavy (non-hydrogen) atoms. The fourth-order valence-electron chi connectivity index (χ4n) is 1.80. The summed E-state index contributed by atoms with van der Waals surface area (Å²) < 4.78 is 0. The molecule has 1 rings (SSSR count). The molecule has 0 spiro atoms. The lowest BCUT2D eigenvalue weighted by atomic mass is 10.1. The van der Waals surface area contributed by atoms with Crippen molar-refractivity contribution in [1.82, 2.24) is 15.2 Å². The molecule has 1 heterocycles. The third kappa shape index (κ3) is 5.94. The second-order valence-corrected chi connectivity index (χ2v) is 6.42. The highest BCUT2D eigenvalue weighted by molar-refractivity contribution is 7.09. The Hall–Kier alpha value is -0.450. The van der Waals surface area contributed by atoms with E-state index in [1.54, 1.807) is 11.3 Å². The summed E-state index contributed by atoms with van der Waals surface area (Å²) in [4.78, 5) is 7.03. The van der Waals surface area contributed by atoms with Gasteiger partial charge in [0.05, 0.1) is 5.69 Å². The van der Waals surface area contributed by atoms with Crippen molar-refractivity contribution < 1.29 is 0 Å². The molecule has 0 aliphatic heterocycles. The van der Waals surface area contributed by atoms with Gasteiger partial charge in [-0.05, 0) is 13.0 Å². The van der Waals surface area contributed by atoms with Crippen LogP contribution in [0, 0.1) is 5.92 Å². The first-order chi connectivity index (χ1) is 8.51. The molecule has 0 amide bonds. The lowest BCUT2D eigenvalue weighted by Crippen LogP contribution is -2.24. The third-order valence-electron chi connectivity index (χ3n) is 3.01. The van der Waals surface area contributed by atoms with Crippen molar-refractivity contribution in [1.29, 1.82) is 0 Å². The van der Waals surface area contributed by atoms with E-state index in [0.717, 1.165) is 25.6 Å². The zero-order chi connectivity index (χ0) is 13.5. The van der Waals surface area contributed by atoms with E-state index in [-0.39, 0.29) is 0 Å². The van der Waals surface area contributed by atoms with Crippen molar-refractivity contribution in [3.8, 4) is 0 Å². The van der Waals surface area contributed by atoms with Crippen molar-refractivity contribution >= 4 is 11.3 Å². The minimum absolute atomic E-state index is 0.519. The van der Waals surface area contributed by atoms with Crippen LogP contribution in [0.15, 0.2) is 5.38 Å². The number of aromatic nitrogens is 1. The average Bonchev–Trinajstić information content (AvgIpc) is 2.73. The van der Waals surface area contributed by atoms with Gasteiger partial charge in [0.1, 0.15) is 5.01 Å². The Balaban J connectivity index is 2.38. The van der Waals surface area contributed by atoms with Crippen molar-refractivity contribution in [2.24, 2.45) is 5.92 Å². The number of thiazole rings is 1. The van der Waals surface area contributed by atoms with E-state index in [1.165, 1.54) is 17.1 Å². The monoisotopic (exact) mass is 269 g/mol. The maximum absolute atomic E-state index is 4.67. The van der Waals surface area contributed by atoms with E-state index in [4.69, 9.17) is 0 Å². The molecule has 0 aromatic carbocycles. The molecule has 1 N–H and O–H groups in total. The zero-order valence-electron chi connectivity index (χ0n) is 12.4. The van der Waals surface area contributed by atoms with Gasteiger partial charge >= 0.3 is 0 Å². The highest BCUT2D eigenvalue weighted by Gasteiger charge is 2.08. The molecule has 1 atom stereocenters. The van der Waals surface area contributed by atoms with E-state index in [9.17, 15) is 0 Å². The lowest BCUT2D eigenvalue weighted by molar-refractivity contribution is 0.273. The maximum Gasteiger partial charge on any atom is 0.107 e. The summed E-state index contributed by atoms with van der Waals surface area (Å²) in [5.74, 6) is 0.760. The van der Waals surface area contributed by atoms with Crippen LogP contribution in [0.1, 0.15) is 44.8 Å². The van der Waals surface area contributed by atoms with Crippen LogP contribution in [0.25, 0.3) is 0 Å². The van der Waals surface area contributed by atoms with Gasteiger partial charge in [-0.25, -0.2) is 4.98 Å². The van der Waals surface area contributed by atoms with Crippen molar-refractivity contribution in [2.75, 3.05) is 13.6 Å². The van der Waals surface area contributed by atoms with Crippen LogP contribution in [0.3, 0.4) is 0 Å². The van der Waals surface area contributed by atoms with Gasteiger partial charge in [-0.1, -0.05) is 34.1 Å². The van der Waals surface area contributed by atoms with Crippen LogP contribution in [-0.4, -0.2) is 29.5 Å². The van der Waals surface area contributed by atoms with Gasteiger partial charge in [-0.3, -0.25) is 0 Å². The summed E-state index contributed by atoms with van der Waals surface area (Å²) >= 11 is 1.76. The standard InChI is InChI=1S/C14H27N3S/c1-6-12(4)8-17(5)9-13-10-18-14(16-13)7-15-11(2)3/h10-12,15H,6-9H2,1-5H3. The highest BCUT2D eigenvalue weighted by Crippen LogP contribution is 2.12. The molecule has 0 saturated carbocycles. The molecule has 3 nitrogen and oxygen atoms in total. The summed E-state index contributed by atoms with van der Waals surface area (Å²) in [7, 11) is 2.18. The molecule has 1 unspecified atom stereocenters. The molecule has 1 aromatic heterocycles. The van der Waals surface area contributed by atoms with E-state index in [1.807, 2.05) is 0 Å². The summed E-state index contributed by atoms with van der Waals surface area (Å²) in [5, 5.41) is 6.78. The number of nitrogens with one attached hydrogen (secondary N) is 1. The van der Waals surface area contributed by atoms with Crippen LogP contribution >= 0.6 is 11.3 Å². The van der Waals surface area contributed by atoms with Gasteiger partial charge in [-0.15, -0.1) is 11.3 Å². The lowest BCUT2D eigenvalue weighted by Gasteiger charge is -2.19. The largest absolute Gasteiger partial charge is 0.308 e. The van der Waals surface area contributed by atoms with Crippen LogP contribution in [0.5, 0.6) is 0 Å². The molecule has 1 aromatic rings. The maximum atomic E-state index is 4.67. The highest BCUT2D eigenvalue weighted by atomic mass is 32.1. The Morgan fingerprint density at radius 3 is 2.72 bits per heavy atom. The van der Waals surface area contributed by atoms with E-state index < -0.39 is 0 Å². The van der Waals surface area contributed by atoms with Gasteiger partial charge in [0.15, 0.2) is 0 Å². The summed E-state index contributed by atoms with van der Waals surface area (Å²) in [5.41, 5.74) is 1.20. The van der Waals surface area contributed by atoms with E-state index in [2.05, 4.69) is 55.3 Å². The Labute approximate surface area is 116 Å². The average molecular weight is 269 g/mol. The fourth-order valence-corrected chi connectivity index (χ4v) is 2.53. The van der Waals surface area contributed by atoms with Gasteiger partial charge < -0.3 is 10.2 Å². The van der Waals surface area contributed by atoms with Gasteiger partial charge in [0.25, 0.3) is 0 Å². The predicted octanol–water partition coefficient (Wildman–Crippen LogP) is 3.12. The molecule has 4 heteroatoms. The number of hydrogen-bond acceptors (Lipinski definition) is 4. The molecule has 0 fully saturated rings. The molecular weight excluding hydrogens is 242 g/mol. The summed E-state index contributed by atoms with van der Waals surface area (Å²) in [6, 6.07) is 0.519. The van der Waals surface area contributed by atoms with Crippen LogP contribution < -0.4 is 5.32 Å². The van der Waals surface area contributed by atoms with Gasteiger partial charge in [0, 0.05) is 31.1 Å². The van der Waals surface area contributed by atoms with Crippen molar-refractivity contribution in [3.63, 3.8) is 0 Å². The topological polar surface area (TPSA) is 28.2 Å². The quantitative estimate of drug-likeness (QED) is 0.786. The van der Waals surface area contributed by atoms with E-state index >= 15 is 0 Å². The predicted molar refractivity (Wildman–Crippen MR) is 79.9 cm³/mol. The number of nitrogens with zero attached hydrogens (tertiary/aromatic N) is 2. The Morgan fingerprint density at radius 1 is 1.39 bits per heavy atom. The van der Waals surface area contributed by atoms with Crippen molar-refractivity contribution in [3.05, 3.63) is 16.1 Å². The summed E-state index contributed by atoms with van der Waals surface area (Å²) in [6.07, 6.45) is 1.24. The number of hydrogen-bond donors (Lipinski definition) is 1. The molecular formula is C14H27N3S. The first-order valence-electron chi connectivity index (χ1n) is 6.86. The molecule has 104 valence electrons. The van der Waals surface area contributed by atoms with Gasteiger partial charge in [-0.2, -0.15) is 0 Å². The smallest absolute Gasteiger partial charge is 0.107 e. The Kier molecular flexibility index (Phi) is 6.82. The molecule has 0 saturated heterocycles. The molecule has 0 aliphatic rings. The van der Waals surface area contributed by atoms with Crippen LogP contribution in [-0.2, 0) is 13.1 Å². The Bertz CT molecular complexity index is 336. The SMILES string of the molecule is CCC(C)CN(C)Cc1csc(CNC(C)C)n1. The summed E-state index contributed by atoms with van der Waals surface area (Å²) in [6.45, 7) is 11.9. The molecule has 0 radical (unpaired) electrons. The second kappa shape index (κ2) is 7.87. The molecule has 0 bridgehead atoms. The minimum atomic E-state index is 0.519. The fraction of sp³-hybridized carbons (Fsp3) is 0.786. The second-order valence-electron chi connectivity index (χ2n) is 5.48. The zero-order valence-corrected chi connectivity index (χ0v) is 13.2. The van der Waals surface area contributed by atoms with E-state index in [0.29, 0.717) is 6.04 Å². The van der Waals surface area contributed by atoms with Gasteiger partial charge in [0.2, 0.25) is 0 Å². The number of rotatable bonds is 8. The Morgan fingerprint density at radius 2 is 2.11 bits per heavy atom. The van der Waals surface area contributed by atoms with Crippen molar-refractivity contribution in [2.45, 2.75) is 53.2 Å². The normalized spacial score (nSPS) is 13.5. The van der Waals surface area contributed by atoms with Crippen LogP contribution in [0.2, 0.25) is 0 Å². The third-order valence-corrected chi connectivity index (χ3v) is 3.91.